The highest BCUT2D eigenvalue weighted by atomic mass is 16.1. The molecule has 1 heterocycles. The molecule has 0 aliphatic carbocycles. The number of nitrogens with two attached hydrogens (primary N) is 2. The van der Waals surface area contributed by atoms with E-state index in [9.17, 15) is 4.79 Å². The highest BCUT2D eigenvalue weighted by molar-refractivity contribution is 5.80. The van der Waals surface area contributed by atoms with Crippen molar-refractivity contribution in [1.29, 1.82) is 0 Å². The van der Waals surface area contributed by atoms with Crippen molar-refractivity contribution in [3.63, 3.8) is 0 Å². The molecule has 0 radical (unpaired) electrons. The molecule has 0 bridgehead atoms. The van der Waals surface area contributed by atoms with Crippen LogP contribution in [0.4, 0.5) is 0 Å². The lowest BCUT2D eigenvalue weighted by Crippen LogP contribution is -2.26. The average Bonchev–Trinajstić information content (AvgIpc) is 2.81. The molecule has 4 nitrogen and oxygen atoms in total. The minimum Gasteiger partial charge on any atom is -0.328 e. The number of aryl methyl sites for hydroxylation is 2. The molecule has 0 fully saturated rings. The van der Waals surface area contributed by atoms with E-state index in [1.165, 1.54) is 43.7 Å². The topological polar surface area (TPSA) is 82.0 Å². The molecule has 32 heavy (non-hydrogen) atoms. The summed E-state index contributed by atoms with van der Waals surface area (Å²) in [4.78, 5) is 14.2. The Kier molecular flexibility index (Phi) is 27.2. The quantitative estimate of drug-likeness (QED) is 0.470. The Morgan fingerprint density at radius 2 is 1.22 bits per heavy atom. The second-order valence-electron chi connectivity index (χ2n) is 7.54. The number of nitrogens with zero attached hydrogens (tertiary/aromatic N) is 1. The molecule has 0 aliphatic heterocycles. The standard InChI is InChI=1S/C9H12.C8H11N.C5H11NO.C5H13N.CH4/c1-2-6-9-7-4-3-5-8-9;1-2-3-8-4-6-9-7-5-8;1-3-5(6)4(2)7;1-3-5(6)4-2;/h3-5,7-8H,2,6H2,1H3;4-7H,2-3H2,1H3;5H,3,6H2,1-2H3;5H,3-4,6H2,1-2H3;1H4. The van der Waals surface area contributed by atoms with Gasteiger partial charge in [0.25, 0.3) is 0 Å². The average molecular weight is 446 g/mol. The van der Waals surface area contributed by atoms with E-state index in [0.29, 0.717) is 6.04 Å². The minimum atomic E-state index is -0.236. The molecule has 1 aromatic carbocycles. The summed E-state index contributed by atoms with van der Waals surface area (Å²) in [6.07, 6.45) is 11.5. The van der Waals surface area contributed by atoms with Crippen LogP contribution in [-0.4, -0.2) is 22.9 Å². The highest BCUT2D eigenvalue weighted by Gasteiger charge is 2.01. The van der Waals surface area contributed by atoms with Gasteiger partial charge >= 0.3 is 0 Å². The van der Waals surface area contributed by atoms with E-state index in [-0.39, 0.29) is 19.3 Å². The van der Waals surface area contributed by atoms with Crippen LogP contribution in [-0.2, 0) is 17.6 Å². The van der Waals surface area contributed by atoms with Gasteiger partial charge in [0.2, 0.25) is 0 Å². The summed E-state index contributed by atoms with van der Waals surface area (Å²) >= 11 is 0. The van der Waals surface area contributed by atoms with Crippen LogP contribution < -0.4 is 11.5 Å². The maximum atomic E-state index is 10.2. The molecule has 0 saturated heterocycles. The second kappa shape index (κ2) is 25.2. The Hall–Kier alpha value is -2.04. The Morgan fingerprint density at radius 3 is 1.50 bits per heavy atom. The van der Waals surface area contributed by atoms with Crippen molar-refractivity contribution >= 4 is 5.78 Å². The number of carbonyl (C=O) groups excluding carboxylic acids is 1. The largest absolute Gasteiger partial charge is 0.328 e. The number of rotatable bonds is 8. The highest BCUT2D eigenvalue weighted by Crippen LogP contribution is 2.00. The van der Waals surface area contributed by atoms with E-state index in [0.717, 1.165) is 19.3 Å². The van der Waals surface area contributed by atoms with E-state index in [4.69, 9.17) is 11.5 Å². The van der Waals surface area contributed by atoms with Crippen molar-refractivity contribution in [2.24, 2.45) is 11.5 Å². The van der Waals surface area contributed by atoms with E-state index in [1.54, 1.807) is 0 Å². The number of ketones is 1. The van der Waals surface area contributed by atoms with Gasteiger partial charge in [-0.25, -0.2) is 0 Å². The second-order valence-corrected chi connectivity index (χ2v) is 7.54. The first-order chi connectivity index (χ1) is 14.9. The summed E-state index contributed by atoms with van der Waals surface area (Å²) < 4.78 is 0. The molecule has 4 N–H and O–H groups in total. The molecule has 1 aromatic heterocycles. The predicted octanol–water partition coefficient (Wildman–Crippen LogP) is 6.76. The summed E-state index contributed by atoms with van der Waals surface area (Å²) in [6, 6.07) is 14.9. The lowest BCUT2D eigenvalue weighted by Gasteiger charge is -1.99. The summed E-state index contributed by atoms with van der Waals surface area (Å²) in [5.41, 5.74) is 13.6. The fourth-order valence-corrected chi connectivity index (χ4v) is 2.35. The Balaban J connectivity index is -0.000000352. The molecule has 2 aromatic rings. The van der Waals surface area contributed by atoms with Gasteiger partial charge < -0.3 is 11.5 Å². The molecule has 184 valence electrons. The zero-order valence-electron chi connectivity index (χ0n) is 20.8. The van der Waals surface area contributed by atoms with Crippen LogP contribution in [0.5, 0.6) is 0 Å². The number of carbonyl (C=O) groups is 1. The monoisotopic (exact) mass is 445 g/mol. The Bertz CT molecular complexity index is 572. The lowest BCUT2D eigenvalue weighted by atomic mass is 10.1. The van der Waals surface area contributed by atoms with Gasteiger partial charge in [-0.15, -0.1) is 0 Å². The molecular weight excluding hydrogens is 394 g/mol. The molecule has 0 spiro atoms. The third-order valence-corrected chi connectivity index (χ3v) is 4.68. The Morgan fingerprint density at radius 1 is 0.781 bits per heavy atom. The predicted molar refractivity (Wildman–Crippen MR) is 143 cm³/mol. The van der Waals surface area contributed by atoms with Gasteiger partial charge in [-0.05, 0) is 62.3 Å². The smallest absolute Gasteiger partial charge is 0.146 e. The molecule has 0 aliphatic rings. The van der Waals surface area contributed by atoms with Gasteiger partial charge in [0.1, 0.15) is 5.78 Å². The van der Waals surface area contributed by atoms with Crippen LogP contribution in [0, 0.1) is 0 Å². The SMILES string of the molecule is C.CCC(N)C(C)=O.CCC(N)CC.CCCc1ccccc1.CCCc1ccncc1. The molecule has 1 atom stereocenters. The first-order valence-electron chi connectivity index (χ1n) is 11.8. The van der Waals surface area contributed by atoms with Gasteiger partial charge in [-0.3, -0.25) is 9.78 Å². The van der Waals surface area contributed by atoms with Gasteiger partial charge in [0.15, 0.2) is 0 Å². The van der Waals surface area contributed by atoms with Crippen molar-refractivity contribution in [3.05, 3.63) is 66.0 Å². The summed E-state index contributed by atoms with van der Waals surface area (Å²) in [7, 11) is 0. The van der Waals surface area contributed by atoms with Gasteiger partial charge in [-0.1, -0.05) is 85.2 Å². The van der Waals surface area contributed by atoms with Gasteiger partial charge in [0, 0.05) is 18.4 Å². The minimum absolute atomic E-state index is 0. The molecule has 0 saturated carbocycles. The maximum absolute atomic E-state index is 10.2. The van der Waals surface area contributed by atoms with E-state index in [1.807, 2.05) is 19.3 Å². The normalized spacial score (nSPS) is 10.2. The fraction of sp³-hybridized carbons (Fsp3) is 0.571. The Labute approximate surface area is 199 Å². The zero-order chi connectivity index (χ0) is 23.9. The van der Waals surface area contributed by atoms with Crippen LogP contribution >= 0.6 is 0 Å². The number of pyridine rings is 1. The zero-order valence-corrected chi connectivity index (χ0v) is 20.8. The van der Waals surface area contributed by atoms with Crippen LogP contribution in [0.3, 0.4) is 0 Å². The van der Waals surface area contributed by atoms with Crippen molar-refractivity contribution in [3.8, 4) is 0 Å². The molecule has 2 rings (SSSR count). The van der Waals surface area contributed by atoms with E-state index >= 15 is 0 Å². The number of aromatic nitrogens is 1. The molecular formula is C28H51N3O. The van der Waals surface area contributed by atoms with Gasteiger partial charge in [-0.2, -0.15) is 0 Å². The molecule has 1 unspecified atom stereocenters. The maximum Gasteiger partial charge on any atom is 0.146 e. The van der Waals surface area contributed by atoms with Gasteiger partial charge in [0.05, 0.1) is 6.04 Å². The number of benzene rings is 1. The van der Waals surface area contributed by atoms with Crippen LogP contribution in [0.1, 0.15) is 92.2 Å². The van der Waals surface area contributed by atoms with E-state index < -0.39 is 0 Å². The molecule has 4 heteroatoms. The van der Waals surface area contributed by atoms with E-state index in [2.05, 4.69) is 75.1 Å². The summed E-state index contributed by atoms with van der Waals surface area (Å²) in [6.45, 7) is 12.0. The van der Waals surface area contributed by atoms with Crippen molar-refractivity contribution in [1.82, 2.24) is 4.98 Å². The van der Waals surface area contributed by atoms with Crippen LogP contribution in [0.25, 0.3) is 0 Å². The summed E-state index contributed by atoms with van der Waals surface area (Å²) in [5.74, 6) is 0.0718. The van der Waals surface area contributed by atoms with Crippen molar-refractivity contribution < 1.29 is 4.79 Å². The van der Waals surface area contributed by atoms with Crippen molar-refractivity contribution in [2.45, 2.75) is 106 Å². The first kappa shape index (κ1) is 34.6. The van der Waals surface area contributed by atoms with Crippen molar-refractivity contribution in [2.75, 3.05) is 0 Å². The van der Waals surface area contributed by atoms with Crippen LogP contribution in [0.15, 0.2) is 54.9 Å². The number of hydrogen-bond donors (Lipinski definition) is 2. The first-order valence-corrected chi connectivity index (χ1v) is 11.8. The lowest BCUT2D eigenvalue weighted by molar-refractivity contribution is -0.118. The number of hydrogen-bond acceptors (Lipinski definition) is 4. The number of Topliss-reactive ketones (excluding diaryl/α,β-unsaturated/α-hetero) is 1. The summed E-state index contributed by atoms with van der Waals surface area (Å²) in [5, 5.41) is 0. The third kappa shape index (κ3) is 22.6. The fourth-order valence-electron chi connectivity index (χ4n) is 2.35. The van der Waals surface area contributed by atoms with Crippen LogP contribution in [0.2, 0.25) is 0 Å². The molecule has 0 amide bonds. The third-order valence-electron chi connectivity index (χ3n) is 4.68.